The molecule has 4 heterocycles. The van der Waals surface area contributed by atoms with Crippen molar-refractivity contribution in [2.75, 3.05) is 23.1 Å². The van der Waals surface area contributed by atoms with Crippen LogP contribution in [0.5, 0.6) is 0 Å². The number of nitrogens with zero attached hydrogens (tertiary/aromatic N) is 1. The first-order valence-corrected chi connectivity index (χ1v) is 11.0. The average molecular weight is 381 g/mol. The van der Waals surface area contributed by atoms with E-state index in [0.29, 0.717) is 18.8 Å². The molecule has 2 aromatic rings. The summed E-state index contributed by atoms with van der Waals surface area (Å²) in [6.07, 6.45) is 2.16. The Balaban J connectivity index is 1.71. The van der Waals surface area contributed by atoms with Gasteiger partial charge in [0.25, 0.3) is 5.91 Å². The number of nitrogens with one attached hydrogen (secondary N) is 1. The van der Waals surface area contributed by atoms with E-state index in [1.54, 1.807) is 28.4 Å². The van der Waals surface area contributed by atoms with E-state index in [1.165, 1.54) is 16.7 Å². The molecule has 8 heteroatoms. The van der Waals surface area contributed by atoms with Crippen LogP contribution >= 0.6 is 11.3 Å². The summed E-state index contributed by atoms with van der Waals surface area (Å²) in [5, 5.41) is 0.973. The summed E-state index contributed by atoms with van der Waals surface area (Å²) in [4.78, 5) is 17.1. The van der Waals surface area contributed by atoms with Crippen molar-refractivity contribution in [2.24, 2.45) is 0 Å². The second kappa shape index (κ2) is 5.96. The van der Waals surface area contributed by atoms with E-state index < -0.39 is 9.84 Å². The number of hydrogen-bond acceptors (Lipinski definition) is 5. The number of fused-ring (bicyclic) bond motifs is 1. The van der Waals surface area contributed by atoms with Crippen LogP contribution in [0.25, 0.3) is 0 Å². The molecule has 134 valence electrons. The largest absolute Gasteiger partial charge is 0.459 e. The summed E-state index contributed by atoms with van der Waals surface area (Å²) in [6.45, 7) is 5.39. The molecule has 1 unspecified atom stereocenters. The SMILES string of the molecule is Cc1sc2c(c1C)C[NH+]([C@@H]1CCS(=O)(=O)C1)CN2C(=O)c1ccco1. The van der Waals surface area contributed by atoms with Gasteiger partial charge < -0.3 is 9.32 Å². The molecule has 0 aliphatic carbocycles. The van der Waals surface area contributed by atoms with Gasteiger partial charge in [-0.15, -0.1) is 11.3 Å². The first-order chi connectivity index (χ1) is 11.9. The van der Waals surface area contributed by atoms with Gasteiger partial charge in [-0.25, -0.2) is 13.3 Å². The van der Waals surface area contributed by atoms with Gasteiger partial charge in [0.2, 0.25) is 0 Å². The Morgan fingerprint density at radius 1 is 1.40 bits per heavy atom. The molecule has 1 N–H and O–H groups in total. The zero-order valence-electron chi connectivity index (χ0n) is 14.2. The second-order valence-electron chi connectivity index (χ2n) is 6.87. The number of quaternary nitrogens is 1. The molecule has 25 heavy (non-hydrogen) atoms. The fourth-order valence-corrected chi connectivity index (χ4v) is 6.73. The lowest BCUT2D eigenvalue weighted by Crippen LogP contribution is -3.17. The van der Waals surface area contributed by atoms with Crippen LogP contribution in [0.15, 0.2) is 22.8 Å². The number of amides is 1. The topological polar surface area (TPSA) is 72.0 Å². The first kappa shape index (κ1) is 16.8. The summed E-state index contributed by atoms with van der Waals surface area (Å²) in [7, 11) is -2.95. The summed E-state index contributed by atoms with van der Waals surface area (Å²) < 4.78 is 29.1. The molecule has 4 rings (SSSR count). The maximum atomic E-state index is 12.9. The Hall–Kier alpha value is -1.64. The van der Waals surface area contributed by atoms with Gasteiger partial charge in [0.05, 0.1) is 12.0 Å². The van der Waals surface area contributed by atoms with Crippen LogP contribution in [0.3, 0.4) is 0 Å². The minimum Gasteiger partial charge on any atom is -0.459 e. The number of aryl methyl sites for hydroxylation is 1. The van der Waals surface area contributed by atoms with Gasteiger partial charge in [-0.1, -0.05) is 0 Å². The van der Waals surface area contributed by atoms with Crippen molar-refractivity contribution < 1.29 is 22.5 Å². The summed E-state index contributed by atoms with van der Waals surface area (Å²) in [5.41, 5.74) is 2.36. The highest BCUT2D eigenvalue weighted by molar-refractivity contribution is 7.91. The predicted octanol–water partition coefficient (Wildman–Crippen LogP) is 1.15. The minimum absolute atomic E-state index is 0.0460. The van der Waals surface area contributed by atoms with Gasteiger partial charge in [-0.05, 0) is 31.5 Å². The Morgan fingerprint density at radius 2 is 2.20 bits per heavy atom. The molecule has 1 fully saturated rings. The Kier molecular flexibility index (Phi) is 4.01. The quantitative estimate of drug-likeness (QED) is 0.847. The highest BCUT2D eigenvalue weighted by Crippen LogP contribution is 2.37. The smallest absolute Gasteiger partial charge is 0.298 e. The van der Waals surface area contributed by atoms with Crippen LogP contribution in [0.4, 0.5) is 5.00 Å². The molecule has 2 aromatic heterocycles. The Labute approximate surface area is 151 Å². The van der Waals surface area contributed by atoms with Gasteiger partial charge in [0, 0.05) is 16.9 Å². The molecule has 1 amide bonds. The van der Waals surface area contributed by atoms with Crippen LogP contribution < -0.4 is 9.80 Å². The highest BCUT2D eigenvalue weighted by Gasteiger charge is 2.41. The molecule has 2 aliphatic heterocycles. The van der Waals surface area contributed by atoms with E-state index in [1.807, 2.05) is 0 Å². The number of carbonyl (C=O) groups is 1. The summed E-state index contributed by atoms with van der Waals surface area (Å²) >= 11 is 1.63. The van der Waals surface area contributed by atoms with E-state index in [2.05, 4.69) is 13.8 Å². The zero-order valence-corrected chi connectivity index (χ0v) is 15.9. The number of rotatable bonds is 2. The Bertz CT molecular complexity index is 915. The van der Waals surface area contributed by atoms with Crippen molar-refractivity contribution in [2.45, 2.75) is 32.9 Å². The van der Waals surface area contributed by atoms with Crippen LogP contribution in [-0.4, -0.2) is 38.5 Å². The number of carbonyl (C=O) groups excluding carboxylic acids is 1. The maximum Gasteiger partial charge on any atom is 0.298 e. The van der Waals surface area contributed by atoms with Gasteiger partial charge in [-0.2, -0.15) is 0 Å². The van der Waals surface area contributed by atoms with Crippen LogP contribution in [0.1, 0.15) is 33.0 Å². The van der Waals surface area contributed by atoms with Crippen molar-refractivity contribution in [3.8, 4) is 0 Å². The van der Waals surface area contributed by atoms with E-state index in [9.17, 15) is 13.2 Å². The second-order valence-corrected chi connectivity index (χ2v) is 10.3. The maximum absolute atomic E-state index is 12.9. The lowest BCUT2D eigenvalue weighted by atomic mass is 10.1. The molecule has 1 saturated heterocycles. The van der Waals surface area contributed by atoms with Crippen molar-refractivity contribution in [1.29, 1.82) is 0 Å². The van der Waals surface area contributed by atoms with Gasteiger partial charge in [-0.3, -0.25) is 4.79 Å². The first-order valence-electron chi connectivity index (χ1n) is 8.35. The number of furan rings is 1. The van der Waals surface area contributed by atoms with Crippen LogP contribution in [-0.2, 0) is 16.4 Å². The average Bonchev–Trinajstić information content (AvgIpc) is 3.28. The Morgan fingerprint density at radius 3 is 2.84 bits per heavy atom. The third kappa shape index (κ3) is 2.92. The molecular weight excluding hydrogens is 360 g/mol. The van der Waals surface area contributed by atoms with Crippen molar-refractivity contribution >= 4 is 32.1 Å². The molecule has 0 aromatic carbocycles. The van der Waals surface area contributed by atoms with Crippen molar-refractivity contribution in [1.82, 2.24) is 0 Å². The highest BCUT2D eigenvalue weighted by atomic mass is 32.2. The molecular formula is C17H21N2O4S2+. The lowest BCUT2D eigenvalue weighted by molar-refractivity contribution is -0.936. The number of sulfone groups is 1. The van der Waals surface area contributed by atoms with E-state index in [-0.39, 0.29) is 23.5 Å². The number of thiophene rings is 1. The summed E-state index contributed by atoms with van der Waals surface area (Å²) in [5.74, 6) is 0.616. The van der Waals surface area contributed by atoms with Crippen molar-refractivity contribution in [3.63, 3.8) is 0 Å². The molecule has 0 radical (unpaired) electrons. The normalized spacial score (nSPS) is 25.1. The van der Waals surface area contributed by atoms with Gasteiger partial charge >= 0.3 is 0 Å². The molecule has 2 aliphatic rings. The molecule has 2 atom stereocenters. The van der Waals surface area contributed by atoms with Crippen LogP contribution in [0, 0.1) is 13.8 Å². The summed E-state index contributed by atoms with van der Waals surface area (Å²) in [6, 6.07) is 3.42. The minimum atomic E-state index is -2.95. The standard InChI is InChI=1S/C17H20N2O4S2/c1-11-12(2)24-17-14(11)8-18(13-5-7-25(21,22)9-13)10-19(17)16(20)15-4-3-6-23-15/h3-4,6,13H,5,7-10H2,1-2H3/p+1/t13-/m1/s1. The molecule has 0 bridgehead atoms. The van der Waals surface area contributed by atoms with Crippen LogP contribution in [0.2, 0.25) is 0 Å². The molecule has 0 saturated carbocycles. The zero-order chi connectivity index (χ0) is 17.8. The molecule has 0 spiro atoms. The fraction of sp³-hybridized carbons (Fsp3) is 0.471. The number of hydrogen-bond donors (Lipinski definition) is 1. The van der Waals surface area contributed by atoms with Gasteiger partial charge in [0.15, 0.2) is 22.3 Å². The molecule has 6 nitrogen and oxygen atoms in total. The van der Waals surface area contributed by atoms with Crippen molar-refractivity contribution in [3.05, 3.63) is 40.2 Å². The lowest BCUT2D eigenvalue weighted by Gasteiger charge is -2.35. The monoisotopic (exact) mass is 381 g/mol. The fourth-order valence-electron chi connectivity index (χ4n) is 3.73. The van der Waals surface area contributed by atoms with E-state index in [4.69, 9.17) is 4.42 Å². The third-order valence-corrected chi connectivity index (χ3v) is 8.33. The van der Waals surface area contributed by atoms with Gasteiger partial charge in [0.1, 0.15) is 23.3 Å². The van der Waals surface area contributed by atoms with E-state index in [0.717, 1.165) is 22.0 Å². The predicted molar refractivity (Wildman–Crippen MR) is 95.9 cm³/mol. The third-order valence-electron chi connectivity index (χ3n) is 5.29. The number of anilines is 1. The van der Waals surface area contributed by atoms with E-state index >= 15 is 0 Å².